The molecule has 5 heteroatoms. The van der Waals surface area contributed by atoms with Gasteiger partial charge in [-0.2, -0.15) is 0 Å². The van der Waals surface area contributed by atoms with Gasteiger partial charge in [-0.25, -0.2) is 9.78 Å². The summed E-state index contributed by atoms with van der Waals surface area (Å²) in [5, 5.41) is 2.96. The van der Waals surface area contributed by atoms with E-state index in [1.165, 1.54) is 25.7 Å². The topological polar surface area (TPSA) is 56.1 Å². The summed E-state index contributed by atoms with van der Waals surface area (Å²) >= 11 is 0. The highest BCUT2D eigenvalue weighted by molar-refractivity contribution is 5.68. The van der Waals surface area contributed by atoms with Crippen molar-refractivity contribution in [1.29, 1.82) is 0 Å². The normalized spacial score (nSPS) is 16.9. The number of nitrogens with zero attached hydrogens (tertiary/aromatic N) is 2. The van der Waals surface area contributed by atoms with Crippen molar-refractivity contribution in [2.75, 3.05) is 0 Å². The van der Waals surface area contributed by atoms with Gasteiger partial charge in [-0.1, -0.05) is 26.2 Å². The molecule has 0 spiro atoms. The fraction of sp³-hybridized carbons (Fsp3) is 0.765. The van der Waals surface area contributed by atoms with Crippen LogP contribution in [0.3, 0.4) is 0 Å². The van der Waals surface area contributed by atoms with Crippen molar-refractivity contribution in [3.63, 3.8) is 0 Å². The Hall–Kier alpha value is -1.52. The van der Waals surface area contributed by atoms with E-state index in [2.05, 4.69) is 21.8 Å². The third-order valence-corrected chi connectivity index (χ3v) is 4.20. The molecule has 1 N–H and O–H groups in total. The van der Waals surface area contributed by atoms with Crippen LogP contribution in [0.15, 0.2) is 12.5 Å². The molecule has 0 saturated heterocycles. The number of ether oxygens (including phenoxy) is 1. The number of aromatic nitrogens is 2. The molecule has 124 valence electrons. The molecule has 0 aromatic carbocycles. The van der Waals surface area contributed by atoms with Crippen LogP contribution in [0.25, 0.3) is 0 Å². The molecule has 1 aromatic heterocycles. The van der Waals surface area contributed by atoms with Crippen LogP contribution in [0, 0.1) is 5.92 Å². The van der Waals surface area contributed by atoms with E-state index < -0.39 is 5.60 Å². The van der Waals surface area contributed by atoms with E-state index in [-0.39, 0.29) is 12.1 Å². The molecule has 0 unspecified atom stereocenters. The largest absolute Gasteiger partial charge is 0.444 e. The van der Waals surface area contributed by atoms with Crippen LogP contribution in [-0.4, -0.2) is 21.2 Å². The zero-order valence-electron chi connectivity index (χ0n) is 14.3. The Kier molecular flexibility index (Phi) is 5.48. The Balaban J connectivity index is 1.95. The molecule has 1 saturated carbocycles. The zero-order chi connectivity index (χ0) is 16.2. The minimum atomic E-state index is -0.479. The van der Waals surface area contributed by atoms with Gasteiger partial charge in [0.2, 0.25) is 0 Å². The van der Waals surface area contributed by atoms with Gasteiger partial charge in [0.25, 0.3) is 0 Å². The summed E-state index contributed by atoms with van der Waals surface area (Å²) in [5.74, 6) is 0.870. The van der Waals surface area contributed by atoms with E-state index in [0.29, 0.717) is 0 Å². The summed E-state index contributed by atoms with van der Waals surface area (Å²) < 4.78 is 7.52. The lowest BCUT2D eigenvalue weighted by atomic mass is 9.83. The van der Waals surface area contributed by atoms with E-state index in [0.717, 1.165) is 24.6 Å². The first-order chi connectivity index (χ1) is 10.4. The maximum atomic E-state index is 12.0. The van der Waals surface area contributed by atoms with E-state index in [4.69, 9.17) is 4.74 Å². The molecule has 1 heterocycles. The molecule has 5 nitrogen and oxygen atoms in total. The minimum Gasteiger partial charge on any atom is -0.444 e. The van der Waals surface area contributed by atoms with Crippen LogP contribution in [-0.2, 0) is 11.3 Å². The number of nitrogens with one attached hydrogen (secondary N) is 1. The van der Waals surface area contributed by atoms with Gasteiger partial charge in [0.05, 0.1) is 24.3 Å². The quantitative estimate of drug-likeness (QED) is 0.862. The Morgan fingerprint density at radius 3 is 2.77 bits per heavy atom. The zero-order valence-corrected chi connectivity index (χ0v) is 14.3. The molecule has 1 aliphatic rings. The molecular formula is C17H29N3O2. The summed E-state index contributed by atoms with van der Waals surface area (Å²) in [4.78, 5) is 16.3. The van der Waals surface area contributed by atoms with Crippen LogP contribution in [0.4, 0.5) is 4.79 Å². The lowest BCUT2D eigenvalue weighted by Crippen LogP contribution is -2.35. The second-order valence-electron chi connectivity index (χ2n) is 7.20. The second kappa shape index (κ2) is 7.16. The standard InChI is InChI=1S/C17H29N3O2/c1-5-14(19-16(21)22-17(2,3)4)15-11-18-12-20(15)10-9-13-7-6-8-13/h11-14H,5-10H2,1-4H3,(H,19,21)/t14-/m1/s1. The molecule has 1 fully saturated rings. The fourth-order valence-corrected chi connectivity index (χ4v) is 2.75. The van der Waals surface area contributed by atoms with Crippen molar-refractivity contribution < 1.29 is 9.53 Å². The number of hydrogen-bond donors (Lipinski definition) is 1. The molecule has 0 bridgehead atoms. The summed E-state index contributed by atoms with van der Waals surface area (Å²) in [7, 11) is 0. The van der Waals surface area contributed by atoms with Crippen molar-refractivity contribution in [3.8, 4) is 0 Å². The summed E-state index contributed by atoms with van der Waals surface area (Å²) in [5.41, 5.74) is 0.583. The Bertz CT molecular complexity index is 486. The van der Waals surface area contributed by atoms with Crippen molar-refractivity contribution in [1.82, 2.24) is 14.9 Å². The number of aryl methyl sites for hydroxylation is 1. The number of hydrogen-bond acceptors (Lipinski definition) is 3. The predicted molar refractivity (Wildman–Crippen MR) is 86.6 cm³/mol. The van der Waals surface area contributed by atoms with Gasteiger partial charge < -0.3 is 14.6 Å². The maximum Gasteiger partial charge on any atom is 0.408 e. The summed E-state index contributed by atoms with van der Waals surface area (Å²) in [6.45, 7) is 8.65. The SMILES string of the molecule is CC[C@@H](NC(=O)OC(C)(C)C)c1cncn1CCC1CCC1. The molecule has 1 aromatic rings. The number of imidazole rings is 1. The Labute approximate surface area is 133 Å². The Morgan fingerprint density at radius 1 is 1.50 bits per heavy atom. The average Bonchev–Trinajstić information content (AvgIpc) is 2.80. The smallest absolute Gasteiger partial charge is 0.408 e. The lowest BCUT2D eigenvalue weighted by Gasteiger charge is -2.26. The number of amides is 1. The lowest BCUT2D eigenvalue weighted by molar-refractivity contribution is 0.0500. The van der Waals surface area contributed by atoms with Crippen molar-refractivity contribution >= 4 is 6.09 Å². The molecule has 0 aliphatic heterocycles. The molecule has 2 rings (SSSR count). The van der Waals surface area contributed by atoms with Crippen LogP contribution in [0.1, 0.15) is 71.5 Å². The van der Waals surface area contributed by atoms with Gasteiger partial charge in [0.1, 0.15) is 5.60 Å². The van der Waals surface area contributed by atoms with Crippen molar-refractivity contribution in [2.24, 2.45) is 5.92 Å². The van der Waals surface area contributed by atoms with Crippen LogP contribution < -0.4 is 5.32 Å². The van der Waals surface area contributed by atoms with Gasteiger partial charge in [-0.05, 0) is 39.5 Å². The molecule has 1 amide bonds. The fourth-order valence-electron chi connectivity index (χ4n) is 2.75. The van der Waals surface area contributed by atoms with Crippen molar-refractivity contribution in [2.45, 2.75) is 78.0 Å². The van der Waals surface area contributed by atoms with Crippen molar-refractivity contribution in [3.05, 3.63) is 18.2 Å². The van der Waals surface area contributed by atoms with E-state index in [1.807, 2.05) is 33.3 Å². The molecule has 0 radical (unpaired) electrons. The monoisotopic (exact) mass is 307 g/mol. The predicted octanol–water partition coefficient (Wildman–Crippen LogP) is 4.05. The molecular weight excluding hydrogens is 278 g/mol. The first kappa shape index (κ1) is 16.8. The molecule has 22 heavy (non-hydrogen) atoms. The van der Waals surface area contributed by atoms with Crippen LogP contribution >= 0.6 is 0 Å². The minimum absolute atomic E-state index is 0.0567. The van der Waals surface area contributed by atoms with Gasteiger partial charge in [-0.3, -0.25) is 0 Å². The highest BCUT2D eigenvalue weighted by Gasteiger charge is 2.22. The van der Waals surface area contributed by atoms with Gasteiger partial charge in [-0.15, -0.1) is 0 Å². The third kappa shape index (κ3) is 4.75. The van der Waals surface area contributed by atoms with Gasteiger partial charge in [0.15, 0.2) is 0 Å². The Morgan fingerprint density at radius 2 is 2.23 bits per heavy atom. The first-order valence-corrected chi connectivity index (χ1v) is 8.38. The van der Waals surface area contributed by atoms with Gasteiger partial charge in [0, 0.05) is 6.54 Å². The molecule has 1 atom stereocenters. The summed E-state index contributed by atoms with van der Waals surface area (Å²) in [6, 6.07) is -0.0567. The average molecular weight is 307 g/mol. The number of carbonyl (C=O) groups excluding carboxylic acids is 1. The van der Waals surface area contributed by atoms with Crippen LogP contribution in [0.5, 0.6) is 0 Å². The number of alkyl carbamates (subject to hydrolysis) is 1. The second-order valence-corrected chi connectivity index (χ2v) is 7.20. The number of carbonyl (C=O) groups is 1. The van der Waals surface area contributed by atoms with Crippen LogP contribution in [0.2, 0.25) is 0 Å². The number of rotatable bonds is 6. The maximum absolute atomic E-state index is 12.0. The van der Waals surface area contributed by atoms with Gasteiger partial charge >= 0.3 is 6.09 Å². The highest BCUT2D eigenvalue weighted by atomic mass is 16.6. The highest BCUT2D eigenvalue weighted by Crippen LogP contribution is 2.30. The molecule has 1 aliphatic carbocycles. The van der Waals surface area contributed by atoms with E-state index in [9.17, 15) is 4.79 Å². The van der Waals surface area contributed by atoms with E-state index >= 15 is 0 Å². The van der Waals surface area contributed by atoms with E-state index in [1.54, 1.807) is 0 Å². The third-order valence-electron chi connectivity index (χ3n) is 4.20. The summed E-state index contributed by atoms with van der Waals surface area (Å²) in [6.07, 6.45) is 9.46. The first-order valence-electron chi connectivity index (χ1n) is 8.38.